The molecule has 0 aromatic heterocycles. The minimum atomic E-state index is -3.09. The molecule has 30 heavy (non-hydrogen) atoms. The first-order valence-corrected chi connectivity index (χ1v) is 9.15. The zero-order chi connectivity index (χ0) is 25.2. The third-order valence-electron chi connectivity index (χ3n) is 6.46. The van der Waals surface area contributed by atoms with Gasteiger partial charge in [0.2, 0.25) is 17.5 Å². The molecule has 0 bridgehead atoms. The number of nitrogens with two attached hydrogens (primary N) is 1. The van der Waals surface area contributed by atoms with E-state index in [1.165, 1.54) is 23.8 Å². The van der Waals surface area contributed by atoms with E-state index >= 15 is 0 Å². The maximum atomic E-state index is 13.9. The van der Waals surface area contributed by atoms with E-state index < -0.39 is 66.4 Å². The number of carbonyl (C=O) groups is 4. The SMILES string of the molecule is [2H]C1([2H])OC2(OC1([2H])[2H])C(=C)C(=O)C1=C(C2=O)[C@@H](COC(N)=O)[C@@]2(OC)[C@@H]3[C@H](CN12)N3C(C)=O. The monoisotopic (exact) mass is 423 g/mol. The van der Waals surface area contributed by atoms with E-state index in [1.807, 2.05) is 0 Å². The second-order valence-corrected chi connectivity index (χ2v) is 7.61. The van der Waals surface area contributed by atoms with Gasteiger partial charge in [-0.25, -0.2) is 4.79 Å². The first kappa shape index (κ1) is 15.1. The molecular formula is C19H21N3O8. The largest absolute Gasteiger partial charge is 0.449 e. The molecule has 0 aromatic rings. The fourth-order valence-corrected chi connectivity index (χ4v) is 5.32. The molecule has 5 rings (SSSR count). The number of rotatable bonds is 3. The second-order valence-electron chi connectivity index (χ2n) is 7.61. The van der Waals surface area contributed by atoms with Gasteiger partial charge in [-0.15, -0.1) is 0 Å². The number of ketones is 2. The number of carbonyl (C=O) groups excluding carboxylic acids is 4. The van der Waals surface area contributed by atoms with Crippen molar-refractivity contribution in [1.29, 1.82) is 0 Å². The van der Waals surface area contributed by atoms with Crippen LogP contribution < -0.4 is 5.73 Å². The van der Waals surface area contributed by atoms with Gasteiger partial charge in [0.05, 0.1) is 41.8 Å². The summed E-state index contributed by atoms with van der Waals surface area (Å²) in [6, 6.07) is -0.910. The Kier molecular flexibility index (Phi) is 2.97. The van der Waals surface area contributed by atoms with Gasteiger partial charge in [-0.2, -0.15) is 0 Å². The lowest BCUT2D eigenvalue weighted by Gasteiger charge is -2.40. The highest BCUT2D eigenvalue weighted by molar-refractivity contribution is 6.25. The van der Waals surface area contributed by atoms with Gasteiger partial charge in [-0.3, -0.25) is 14.4 Å². The number of nitrogens with zero attached hydrogens (tertiary/aromatic N) is 2. The summed E-state index contributed by atoms with van der Waals surface area (Å²) in [6.07, 6.45) is -1.16. The van der Waals surface area contributed by atoms with Gasteiger partial charge >= 0.3 is 6.09 Å². The number of ether oxygens (including phenoxy) is 4. The molecule has 2 N–H and O–H groups in total. The summed E-state index contributed by atoms with van der Waals surface area (Å²) in [6.45, 7) is -1.63. The summed E-state index contributed by atoms with van der Waals surface area (Å²) in [5, 5.41) is 0. The van der Waals surface area contributed by atoms with E-state index in [0.717, 1.165) is 0 Å². The van der Waals surface area contributed by atoms with Gasteiger partial charge in [0.25, 0.3) is 5.79 Å². The van der Waals surface area contributed by atoms with Gasteiger partial charge < -0.3 is 34.5 Å². The van der Waals surface area contributed by atoms with Gasteiger partial charge in [0.15, 0.2) is 5.72 Å². The van der Waals surface area contributed by atoms with Gasteiger partial charge in [-0.1, -0.05) is 6.58 Å². The smallest absolute Gasteiger partial charge is 0.404 e. The van der Waals surface area contributed by atoms with Crippen LogP contribution in [0.25, 0.3) is 0 Å². The number of allylic oxidation sites excluding steroid dienone is 1. The van der Waals surface area contributed by atoms with Crippen molar-refractivity contribution in [3.05, 3.63) is 23.4 Å². The topological polar surface area (TPSA) is 137 Å². The minimum Gasteiger partial charge on any atom is -0.449 e. The summed E-state index contributed by atoms with van der Waals surface area (Å²) in [4.78, 5) is 54.0. The van der Waals surface area contributed by atoms with Crippen molar-refractivity contribution in [3.8, 4) is 0 Å². The lowest BCUT2D eigenvalue weighted by atomic mass is 9.78. The van der Waals surface area contributed by atoms with E-state index in [4.69, 9.17) is 30.2 Å². The number of piperazine rings is 1. The number of amides is 2. The normalized spacial score (nSPS) is 41.0. The Morgan fingerprint density at radius 3 is 2.60 bits per heavy atom. The predicted molar refractivity (Wildman–Crippen MR) is 96.4 cm³/mol. The van der Waals surface area contributed by atoms with Crippen LogP contribution in [-0.2, 0) is 33.3 Å². The Bertz CT molecular complexity index is 1110. The number of fused-ring (bicyclic) bond motifs is 4. The Hall–Kier alpha value is -2.76. The number of primary amides is 1. The maximum absolute atomic E-state index is 13.9. The van der Waals surface area contributed by atoms with Crippen molar-refractivity contribution in [2.24, 2.45) is 11.7 Å². The third kappa shape index (κ3) is 1.99. The first-order chi connectivity index (χ1) is 15.7. The molecule has 3 saturated heterocycles. The summed E-state index contributed by atoms with van der Waals surface area (Å²) in [5.74, 6) is -6.11. The zero-order valence-electron chi connectivity index (χ0n) is 20.1. The van der Waals surface area contributed by atoms with Crippen LogP contribution in [0.15, 0.2) is 23.4 Å². The Morgan fingerprint density at radius 1 is 1.37 bits per heavy atom. The molecule has 1 aliphatic carbocycles. The lowest BCUT2D eigenvalue weighted by molar-refractivity contribution is -0.168. The lowest BCUT2D eigenvalue weighted by Crippen LogP contribution is -2.56. The minimum absolute atomic E-state index is 0.128. The molecule has 2 amide bonds. The molecule has 11 heteroatoms. The van der Waals surface area contributed by atoms with E-state index in [-0.39, 0.29) is 29.8 Å². The molecule has 0 saturated carbocycles. The molecule has 0 unspecified atom stereocenters. The Labute approximate surface area is 176 Å². The van der Waals surface area contributed by atoms with Crippen molar-refractivity contribution in [2.75, 3.05) is 33.4 Å². The second kappa shape index (κ2) is 5.90. The van der Waals surface area contributed by atoms with Gasteiger partial charge in [0, 0.05) is 26.2 Å². The van der Waals surface area contributed by atoms with E-state index in [0.29, 0.717) is 0 Å². The number of hydrogen-bond donors (Lipinski definition) is 1. The van der Waals surface area contributed by atoms with Crippen molar-refractivity contribution in [2.45, 2.75) is 30.5 Å². The third-order valence-corrected chi connectivity index (χ3v) is 6.46. The van der Waals surface area contributed by atoms with Crippen LogP contribution in [0, 0.1) is 5.92 Å². The van der Waals surface area contributed by atoms with Crippen LogP contribution in [0.2, 0.25) is 0 Å². The van der Waals surface area contributed by atoms with Crippen LogP contribution >= 0.6 is 0 Å². The van der Waals surface area contributed by atoms with Crippen molar-refractivity contribution < 1.29 is 43.6 Å². The van der Waals surface area contributed by atoms with Crippen molar-refractivity contribution >= 4 is 23.6 Å². The summed E-state index contributed by atoms with van der Waals surface area (Å²) < 4.78 is 52.5. The molecule has 0 radical (unpaired) electrons. The number of Topliss-reactive ketones (excluding diaryl/α,β-unsaturated/α-hetero) is 2. The molecule has 3 fully saturated rings. The fraction of sp³-hybridized carbons (Fsp3) is 0.579. The summed E-state index contributed by atoms with van der Waals surface area (Å²) >= 11 is 0. The standard InChI is InChI=1S/C19H21N3O8/c1-8-14(24)13-12(16(25)19(8)29-4-5-30-19)10(7-28-17(20)26)18(27-3)15-11(6-21(13)18)22(15)9(2)23/h10-11,15H,1,4-7H2,2-3H3,(H2,20,26)/t10-,11+,15+,18-,22?/m1/s1/i4D2,5D2. The van der Waals surface area contributed by atoms with Crippen LogP contribution in [0.1, 0.15) is 12.4 Å². The van der Waals surface area contributed by atoms with Crippen LogP contribution in [0.3, 0.4) is 0 Å². The molecule has 0 aromatic carbocycles. The number of methoxy groups -OCH3 is 1. The molecule has 4 atom stereocenters. The van der Waals surface area contributed by atoms with Gasteiger partial charge in [0.1, 0.15) is 12.6 Å². The van der Waals surface area contributed by atoms with E-state index in [2.05, 4.69) is 6.58 Å². The van der Waals surface area contributed by atoms with Crippen molar-refractivity contribution in [3.63, 3.8) is 0 Å². The fourth-order valence-electron chi connectivity index (χ4n) is 5.32. The molecule has 4 heterocycles. The average Bonchev–Trinajstić information content (AvgIpc) is 3.17. The molecule has 5 aliphatic rings. The Morgan fingerprint density at radius 2 is 2.03 bits per heavy atom. The Balaban J connectivity index is 1.67. The molecule has 4 aliphatic heterocycles. The van der Waals surface area contributed by atoms with Crippen LogP contribution in [0.4, 0.5) is 4.79 Å². The predicted octanol–water partition coefficient (Wildman–Crippen LogP) is -1.33. The highest BCUT2D eigenvalue weighted by Crippen LogP contribution is 2.61. The molecular weight excluding hydrogens is 398 g/mol. The zero-order valence-corrected chi connectivity index (χ0v) is 16.1. The van der Waals surface area contributed by atoms with Crippen molar-refractivity contribution in [1.82, 2.24) is 9.80 Å². The number of hydrogen-bond acceptors (Lipinski definition) is 9. The van der Waals surface area contributed by atoms with E-state index in [9.17, 15) is 19.2 Å². The maximum Gasteiger partial charge on any atom is 0.404 e. The van der Waals surface area contributed by atoms with Crippen LogP contribution in [0.5, 0.6) is 0 Å². The molecule has 1 spiro atoms. The highest BCUT2D eigenvalue weighted by Gasteiger charge is 2.78. The quantitative estimate of drug-likeness (QED) is 0.432. The van der Waals surface area contributed by atoms with Crippen LogP contribution in [-0.4, -0.2) is 90.3 Å². The first-order valence-electron chi connectivity index (χ1n) is 11.1. The van der Waals surface area contributed by atoms with Gasteiger partial charge in [-0.05, 0) is 0 Å². The molecule has 160 valence electrons. The average molecular weight is 423 g/mol. The molecule has 11 nitrogen and oxygen atoms in total. The van der Waals surface area contributed by atoms with E-state index in [1.54, 1.807) is 0 Å². The summed E-state index contributed by atoms with van der Waals surface area (Å²) in [7, 11) is 1.32. The summed E-state index contributed by atoms with van der Waals surface area (Å²) in [5.41, 5.74) is 2.66. The highest BCUT2D eigenvalue weighted by atomic mass is 16.7.